The average molecular weight is 569 g/mol. The minimum absolute atomic E-state index is 0.203. The van der Waals surface area contributed by atoms with E-state index in [2.05, 4.69) is 88.6 Å². The fraction of sp³-hybridized carbons (Fsp3) is 0.629. The molecule has 2 aromatic rings. The summed E-state index contributed by atoms with van der Waals surface area (Å²) in [5.74, 6) is 1.46. The lowest BCUT2D eigenvalue weighted by Gasteiger charge is -2.50. The van der Waals surface area contributed by atoms with Crippen LogP contribution in [0.2, 0.25) is 0 Å². The van der Waals surface area contributed by atoms with E-state index in [4.69, 9.17) is 4.74 Å². The fourth-order valence-corrected chi connectivity index (χ4v) is 7.37. The Kier molecular flexibility index (Phi) is 13.9. The summed E-state index contributed by atoms with van der Waals surface area (Å²) in [4.78, 5) is 21.1. The van der Waals surface area contributed by atoms with Crippen LogP contribution in [0.4, 0.5) is 0 Å². The Morgan fingerprint density at radius 2 is 1.75 bits per heavy atom. The number of likely N-dealkylation sites (tertiary alicyclic amines) is 1. The van der Waals surface area contributed by atoms with Crippen molar-refractivity contribution in [3.8, 4) is 5.75 Å². The highest BCUT2D eigenvalue weighted by molar-refractivity contribution is 7.11. The van der Waals surface area contributed by atoms with E-state index in [0.717, 1.165) is 64.0 Å². The van der Waals surface area contributed by atoms with Gasteiger partial charge in [0, 0.05) is 53.8 Å². The van der Waals surface area contributed by atoms with Crippen LogP contribution >= 0.6 is 11.3 Å². The van der Waals surface area contributed by atoms with E-state index in [0.29, 0.717) is 6.42 Å². The lowest BCUT2D eigenvalue weighted by molar-refractivity contribution is -0.138. The van der Waals surface area contributed by atoms with Crippen LogP contribution in [0.5, 0.6) is 5.75 Å². The van der Waals surface area contributed by atoms with Gasteiger partial charge in [-0.1, -0.05) is 59.3 Å². The number of likely N-dealkylation sites (N-methyl/N-ethyl adjacent to an activating group) is 1. The Labute approximate surface area is 249 Å². The Bertz CT molecular complexity index is 1070. The number of ether oxygens (including phenoxy) is 1. The predicted molar refractivity (Wildman–Crippen MR) is 174 cm³/mol. The second kappa shape index (κ2) is 16.4. The molecule has 1 unspecified atom stereocenters. The SMILES string of the molecule is CC.CCCC(=O)N(CC)C1(/C(C)=C/C(C)c2c(CC)cc(C)cc2OC)CCN(Cc2ccc(CC)s2)CC1. The van der Waals surface area contributed by atoms with Gasteiger partial charge in [0.05, 0.1) is 12.6 Å². The zero-order valence-electron chi connectivity index (χ0n) is 27.2. The molecule has 3 rings (SSSR count). The Morgan fingerprint density at radius 1 is 1.10 bits per heavy atom. The summed E-state index contributed by atoms with van der Waals surface area (Å²) in [5, 5.41) is 0. The van der Waals surface area contributed by atoms with E-state index in [1.54, 1.807) is 7.11 Å². The molecule has 1 amide bonds. The summed E-state index contributed by atoms with van der Waals surface area (Å²) in [5.41, 5.74) is 4.95. The number of amides is 1. The molecule has 5 heteroatoms. The van der Waals surface area contributed by atoms with E-state index >= 15 is 0 Å². The molecule has 0 radical (unpaired) electrons. The maximum Gasteiger partial charge on any atom is 0.223 e. The van der Waals surface area contributed by atoms with Crippen LogP contribution in [-0.4, -0.2) is 48.0 Å². The summed E-state index contributed by atoms with van der Waals surface area (Å²) in [7, 11) is 1.78. The molecule has 0 saturated carbocycles. The van der Waals surface area contributed by atoms with E-state index < -0.39 is 0 Å². The number of carbonyl (C=O) groups excluding carboxylic acids is 1. The van der Waals surface area contributed by atoms with Gasteiger partial charge in [0.15, 0.2) is 0 Å². The molecule has 0 bridgehead atoms. The van der Waals surface area contributed by atoms with Crippen molar-refractivity contribution in [3.05, 3.63) is 62.4 Å². The number of allylic oxidation sites excluding steroid dienone is 1. The van der Waals surface area contributed by atoms with Crippen LogP contribution in [0.1, 0.15) is 113 Å². The van der Waals surface area contributed by atoms with Crippen molar-refractivity contribution in [2.75, 3.05) is 26.7 Å². The first-order chi connectivity index (χ1) is 19.2. The van der Waals surface area contributed by atoms with Crippen LogP contribution in [0.15, 0.2) is 35.9 Å². The number of rotatable bonds is 12. The van der Waals surface area contributed by atoms with E-state index in [1.165, 1.54) is 32.0 Å². The predicted octanol–water partition coefficient (Wildman–Crippen LogP) is 8.95. The van der Waals surface area contributed by atoms with Crippen molar-refractivity contribution >= 4 is 17.2 Å². The molecular weight excluding hydrogens is 512 g/mol. The molecule has 0 aliphatic carbocycles. The third-order valence-corrected chi connectivity index (χ3v) is 9.60. The van der Waals surface area contributed by atoms with E-state index in [-0.39, 0.29) is 17.4 Å². The van der Waals surface area contributed by atoms with Gasteiger partial charge in [-0.3, -0.25) is 9.69 Å². The van der Waals surface area contributed by atoms with Crippen LogP contribution in [0.25, 0.3) is 0 Å². The minimum atomic E-state index is -0.236. The first-order valence-electron chi connectivity index (χ1n) is 15.7. The zero-order chi connectivity index (χ0) is 29.9. The van der Waals surface area contributed by atoms with Crippen molar-refractivity contribution in [2.24, 2.45) is 0 Å². The van der Waals surface area contributed by atoms with Crippen LogP contribution in [-0.2, 0) is 24.2 Å². The third kappa shape index (κ3) is 8.00. The Morgan fingerprint density at radius 3 is 2.27 bits per heavy atom. The number of hydrogen-bond acceptors (Lipinski definition) is 4. The lowest BCUT2D eigenvalue weighted by Crippen LogP contribution is -2.58. The largest absolute Gasteiger partial charge is 0.496 e. The Hall–Kier alpha value is -2.11. The van der Waals surface area contributed by atoms with Crippen LogP contribution in [0.3, 0.4) is 0 Å². The van der Waals surface area contributed by atoms with Crippen molar-refractivity contribution in [3.63, 3.8) is 0 Å². The summed E-state index contributed by atoms with van der Waals surface area (Å²) in [6, 6.07) is 9.01. The smallest absolute Gasteiger partial charge is 0.223 e. The molecular formula is C35H56N2O2S. The molecule has 1 aliphatic rings. The highest BCUT2D eigenvalue weighted by Gasteiger charge is 2.43. The van der Waals surface area contributed by atoms with Crippen molar-refractivity contribution in [1.29, 1.82) is 0 Å². The first kappa shape index (κ1) is 34.1. The molecule has 1 fully saturated rings. The van der Waals surface area contributed by atoms with Crippen molar-refractivity contribution in [2.45, 2.75) is 119 Å². The van der Waals surface area contributed by atoms with Crippen molar-refractivity contribution in [1.82, 2.24) is 9.80 Å². The highest BCUT2D eigenvalue weighted by Crippen LogP contribution is 2.40. The quantitative estimate of drug-likeness (QED) is 0.240. The molecule has 0 N–H and O–H groups in total. The summed E-state index contributed by atoms with van der Waals surface area (Å²) in [6.07, 6.45) is 7.95. The minimum Gasteiger partial charge on any atom is -0.496 e. The molecule has 40 heavy (non-hydrogen) atoms. The van der Waals surface area contributed by atoms with Gasteiger partial charge in [-0.25, -0.2) is 0 Å². The summed E-state index contributed by atoms with van der Waals surface area (Å²) >= 11 is 1.94. The van der Waals surface area contributed by atoms with Crippen LogP contribution in [0, 0.1) is 6.92 Å². The number of hydrogen-bond donors (Lipinski definition) is 0. The van der Waals surface area contributed by atoms with Gasteiger partial charge in [0.25, 0.3) is 0 Å². The molecule has 1 atom stereocenters. The molecule has 2 heterocycles. The fourth-order valence-electron chi connectivity index (χ4n) is 6.37. The zero-order valence-corrected chi connectivity index (χ0v) is 28.0. The number of piperidine rings is 1. The van der Waals surface area contributed by atoms with Gasteiger partial charge in [-0.05, 0) is 82.2 Å². The van der Waals surface area contributed by atoms with E-state index in [1.807, 2.05) is 25.2 Å². The van der Waals surface area contributed by atoms with Gasteiger partial charge in [0.2, 0.25) is 5.91 Å². The molecule has 1 aromatic heterocycles. The normalized spacial score (nSPS) is 16.2. The van der Waals surface area contributed by atoms with Crippen molar-refractivity contribution < 1.29 is 9.53 Å². The second-order valence-corrected chi connectivity index (χ2v) is 12.2. The lowest BCUT2D eigenvalue weighted by atomic mass is 9.77. The molecule has 1 aromatic carbocycles. The maximum atomic E-state index is 13.5. The standard InChI is InChI=1S/C33H50N2O2S.C2H6/c1-9-13-31(36)35(12-4)33(16-18-34(19-17-33)23-29-15-14-28(11-3)38-29)26(7)22-25(6)32-27(10-2)20-24(5)21-30(32)37-8;1-2/h14-15,20-22,25H,9-13,16-19,23H2,1-8H3;1-2H3/b26-22+;. The van der Waals surface area contributed by atoms with Gasteiger partial charge in [-0.15, -0.1) is 11.3 Å². The monoisotopic (exact) mass is 568 g/mol. The van der Waals surface area contributed by atoms with Gasteiger partial charge < -0.3 is 9.64 Å². The summed E-state index contributed by atoms with van der Waals surface area (Å²) in [6.45, 7) is 23.1. The van der Waals surface area contributed by atoms with E-state index in [9.17, 15) is 4.79 Å². The highest BCUT2D eigenvalue weighted by atomic mass is 32.1. The molecule has 224 valence electrons. The molecule has 1 saturated heterocycles. The number of methoxy groups -OCH3 is 1. The van der Waals surface area contributed by atoms with Gasteiger partial charge >= 0.3 is 0 Å². The Balaban J connectivity index is 0.00000274. The number of thiophene rings is 1. The molecule has 1 aliphatic heterocycles. The number of nitrogens with zero attached hydrogens (tertiary/aromatic N) is 2. The topological polar surface area (TPSA) is 32.8 Å². The van der Waals surface area contributed by atoms with Gasteiger partial charge in [0.1, 0.15) is 5.75 Å². The number of aryl methyl sites for hydroxylation is 3. The second-order valence-electron chi connectivity index (χ2n) is 10.9. The summed E-state index contributed by atoms with van der Waals surface area (Å²) < 4.78 is 5.86. The average Bonchev–Trinajstić information content (AvgIpc) is 3.42. The first-order valence-corrected chi connectivity index (χ1v) is 16.5. The van der Waals surface area contributed by atoms with Gasteiger partial charge in [-0.2, -0.15) is 0 Å². The molecule has 0 spiro atoms. The maximum absolute atomic E-state index is 13.5. The van der Waals surface area contributed by atoms with Crippen LogP contribution < -0.4 is 4.74 Å². The third-order valence-electron chi connectivity index (χ3n) is 8.39. The number of carbonyl (C=O) groups is 1. The molecule has 4 nitrogen and oxygen atoms in total. The number of benzene rings is 1.